The molecule has 1 aromatic heterocycles. The van der Waals surface area contributed by atoms with Gasteiger partial charge in [0, 0.05) is 16.9 Å². The number of aliphatic hydroxyl groups excluding tert-OH is 1. The van der Waals surface area contributed by atoms with E-state index in [1.165, 1.54) is 23.0 Å². The number of allylic oxidation sites excluding steroid dienone is 5. The molecule has 0 aliphatic heterocycles. The van der Waals surface area contributed by atoms with E-state index in [0.717, 1.165) is 56.1 Å². The number of hydrogen-bond acceptors (Lipinski definition) is 5. The molecule has 1 aromatic carbocycles. The highest BCUT2D eigenvalue weighted by atomic mass is 35.5. The molecular weight excluding hydrogens is 546 g/mol. The molecule has 222 valence electrons. The second kappa shape index (κ2) is 11.0. The van der Waals surface area contributed by atoms with E-state index in [-0.39, 0.29) is 16.9 Å². The molecule has 0 spiro atoms. The average Bonchev–Trinajstić information content (AvgIpc) is 3.64. The van der Waals surface area contributed by atoms with E-state index in [9.17, 15) is 15.0 Å². The minimum atomic E-state index is -0.930. The molecule has 6 nitrogen and oxygen atoms in total. The summed E-state index contributed by atoms with van der Waals surface area (Å²) >= 11 is 5.94. The molecule has 0 radical (unpaired) electrons. The third-order valence-corrected chi connectivity index (χ3v) is 11.2. The Morgan fingerprint density at radius 1 is 1.07 bits per heavy atom. The maximum atomic E-state index is 11.6. The van der Waals surface area contributed by atoms with E-state index in [1.54, 1.807) is 11.0 Å². The molecule has 7 rings (SSSR count). The SMILES string of the molecule is CC1(C)CC/C(=C\c2ccc(Cl)cc2)C1(O)Cn1cncn1.C[C@]12C=CC3=C4CCC(=O)C=C4CC[C@H]3[C@@H]1CC[C@@H]2O. The molecule has 0 bridgehead atoms. The van der Waals surface area contributed by atoms with E-state index in [2.05, 4.69) is 49.1 Å². The normalized spacial score (nSPS) is 34.0. The van der Waals surface area contributed by atoms with Crippen LogP contribution in [0, 0.1) is 22.7 Å². The number of hydrogen-bond donors (Lipinski definition) is 2. The predicted molar refractivity (Wildman–Crippen MR) is 165 cm³/mol. The zero-order valence-electron chi connectivity index (χ0n) is 24.9. The molecule has 2 N–H and O–H groups in total. The Labute approximate surface area is 253 Å². The van der Waals surface area contributed by atoms with Crippen LogP contribution in [0.4, 0.5) is 0 Å². The fraction of sp³-hybridized carbons (Fsp3) is 0.514. The standard InChI is InChI=1S/C18H22O2.C17H20ClN3O/c1-18-9-8-14-13-5-3-12(19)10-11(13)2-4-15(14)16(18)6-7-17(18)20;1-16(2)8-7-14(9-13-3-5-15(18)6-4-13)17(16,22)10-21-12-19-11-20-21/h8-10,15-17,20H,2-7H2,1H3;3-6,9,11-12,22H,7-8,10H2,1-2H3/b;14-9+/t15-,16+,17+,18+;/m1./s1. The van der Waals surface area contributed by atoms with E-state index in [1.807, 2.05) is 30.3 Å². The first-order valence-electron chi connectivity index (χ1n) is 15.4. The van der Waals surface area contributed by atoms with Crippen LogP contribution in [0.1, 0.15) is 77.7 Å². The second-order valence-corrected chi connectivity index (χ2v) is 14.1. The van der Waals surface area contributed by atoms with Gasteiger partial charge in [-0.1, -0.05) is 62.7 Å². The van der Waals surface area contributed by atoms with Crippen LogP contribution in [0.5, 0.6) is 0 Å². The van der Waals surface area contributed by atoms with Gasteiger partial charge < -0.3 is 10.2 Å². The molecule has 5 aliphatic rings. The zero-order valence-corrected chi connectivity index (χ0v) is 25.6. The minimum absolute atomic E-state index is 0.0274. The third-order valence-electron chi connectivity index (χ3n) is 10.9. The maximum absolute atomic E-state index is 11.6. The largest absolute Gasteiger partial charge is 0.392 e. The van der Waals surface area contributed by atoms with Crippen LogP contribution in [0.15, 0.2) is 77.4 Å². The number of ketones is 1. The lowest BCUT2D eigenvalue weighted by Crippen LogP contribution is -2.45. The Balaban J connectivity index is 0.000000151. The van der Waals surface area contributed by atoms with Gasteiger partial charge in [0.25, 0.3) is 0 Å². The molecule has 2 saturated carbocycles. The summed E-state index contributed by atoms with van der Waals surface area (Å²) in [4.78, 5) is 15.6. The van der Waals surface area contributed by atoms with Gasteiger partial charge in [-0.25, -0.2) is 9.67 Å². The van der Waals surface area contributed by atoms with Gasteiger partial charge in [0.05, 0.1) is 12.6 Å². The average molecular weight is 588 g/mol. The van der Waals surface area contributed by atoms with Gasteiger partial charge in [-0.05, 0) is 108 Å². The van der Waals surface area contributed by atoms with E-state index in [4.69, 9.17) is 11.6 Å². The summed E-state index contributed by atoms with van der Waals surface area (Å²) in [6.07, 6.45) is 19.1. The number of benzene rings is 1. The lowest BCUT2D eigenvalue weighted by atomic mass is 9.60. The summed E-state index contributed by atoms with van der Waals surface area (Å²) in [6, 6.07) is 7.67. The Kier molecular flexibility index (Phi) is 7.70. The summed E-state index contributed by atoms with van der Waals surface area (Å²) in [5.41, 5.74) is 5.13. The molecule has 7 heteroatoms. The van der Waals surface area contributed by atoms with Gasteiger partial charge in [-0.3, -0.25) is 4.79 Å². The van der Waals surface area contributed by atoms with Crippen molar-refractivity contribution in [3.05, 3.63) is 88.0 Å². The van der Waals surface area contributed by atoms with Crippen molar-refractivity contribution in [1.29, 1.82) is 0 Å². The maximum Gasteiger partial charge on any atom is 0.156 e. The van der Waals surface area contributed by atoms with Gasteiger partial charge in [0.2, 0.25) is 0 Å². The lowest BCUT2D eigenvalue weighted by molar-refractivity contribution is -0.114. The van der Waals surface area contributed by atoms with Crippen molar-refractivity contribution in [2.75, 3.05) is 0 Å². The fourth-order valence-electron chi connectivity index (χ4n) is 8.10. The molecule has 42 heavy (non-hydrogen) atoms. The zero-order chi connectivity index (χ0) is 29.7. The van der Waals surface area contributed by atoms with Crippen molar-refractivity contribution in [3.63, 3.8) is 0 Å². The Bertz CT molecular complexity index is 1470. The fourth-order valence-corrected chi connectivity index (χ4v) is 8.23. The van der Waals surface area contributed by atoms with Crippen LogP contribution in [0.3, 0.4) is 0 Å². The first-order valence-corrected chi connectivity index (χ1v) is 15.7. The Hall–Kier alpha value is -2.80. The highest BCUT2D eigenvalue weighted by molar-refractivity contribution is 6.30. The number of carbonyl (C=O) groups excluding carboxylic acids is 1. The van der Waals surface area contributed by atoms with Gasteiger partial charge in [-0.2, -0.15) is 5.10 Å². The number of nitrogens with zero attached hydrogens (tertiary/aromatic N) is 3. The third kappa shape index (κ3) is 5.16. The summed E-state index contributed by atoms with van der Waals surface area (Å²) in [5, 5.41) is 26.6. The Morgan fingerprint density at radius 3 is 2.60 bits per heavy atom. The van der Waals surface area contributed by atoms with Crippen LogP contribution in [-0.2, 0) is 11.3 Å². The van der Waals surface area contributed by atoms with E-state index in [0.29, 0.717) is 35.6 Å². The number of fused-ring (bicyclic) bond motifs is 4. The number of aliphatic hydroxyl groups is 2. The first-order chi connectivity index (χ1) is 20.0. The molecular formula is C35H42ClN3O3. The van der Waals surface area contributed by atoms with Gasteiger partial charge in [0.15, 0.2) is 5.78 Å². The van der Waals surface area contributed by atoms with Crippen LogP contribution >= 0.6 is 11.6 Å². The molecule has 2 fully saturated rings. The van der Waals surface area contributed by atoms with Crippen LogP contribution in [0.25, 0.3) is 6.08 Å². The van der Waals surface area contributed by atoms with Crippen molar-refractivity contribution in [2.45, 2.75) is 90.4 Å². The van der Waals surface area contributed by atoms with Gasteiger partial charge >= 0.3 is 0 Å². The molecule has 0 amide bonds. The summed E-state index contributed by atoms with van der Waals surface area (Å²) in [5.74, 6) is 1.48. The predicted octanol–water partition coefficient (Wildman–Crippen LogP) is 6.90. The number of carbonyl (C=O) groups is 1. The van der Waals surface area contributed by atoms with Crippen molar-refractivity contribution in [2.24, 2.45) is 22.7 Å². The number of aromatic nitrogens is 3. The molecule has 1 unspecified atom stereocenters. The smallest absolute Gasteiger partial charge is 0.156 e. The topological polar surface area (TPSA) is 88.2 Å². The number of halogens is 1. The molecule has 5 atom stereocenters. The first kappa shape index (κ1) is 29.3. The monoisotopic (exact) mass is 587 g/mol. The van der Waals surface area contributed by atoms with Gasteiger partial charge in [0.1, 0.15) is 18.3 Å². The molecule has 2 aromatic rings. The van der Waals surface area contributed by atoms with E-state index < -0.39 is 5.60 Å². The summed E-state index contributed by atoms with van der Waals surface area (Å²) < 4.78 is 1.70. The highest BCUT2D eigenvalue weighted by Crippen LogP contribution is 2.57. The van der Waals surface area contributed by atoms with Crippen molar-refractivity contribution < 1.29 is 15.0 Å². The van der Waals surface area contributed by atoms with Crippen molar-refractivity contribution >= 4 is 23.5 Å². The summed E-state index contributed by atoms with van der Waals surface area (Å²) in [7, 11) is 0. The lowest BCUT2D eigenvalue weighted by Gasteiger charge is -2.44. The van der Waals surface area contributed by atoms with Crippen LogP contribution < -0.4 is 0 Å². The highest BCUT2D eigenvalue weighted by Gasteiger charge is 2.52. The minimum Gasteiger partial charge on any atom is -0.392 e. The summed E-state index contributed by atoms with van der Waals surface area (Å²) in [6.45, 7) is 6.85. The van der Waals surface area contributed by atoms with Crippen LogP contribution in [0.2, 0.25) is 5.02 Å². The van der Waals surface area contributed by atoms with E-state index >= 15 is 0 Å². The van der Waals surface area contributed by atoms with Crippen molar-refractivity contribution in [3.8, 4) is 0 Å². The molecule has 1 heterocycles. The molecule has 0 saturated heterocycles. The number of rotatable bonds is 3. The van der Waals surface area contributed by atoms with Crippen LogP contribution in [-0.4, -0.2) is 42.5 Å². The van der Waals surface area contributed by atoms with Crippen molar-refractivity contribution in [1.82, 2.24) is 14.8 Å². The molecule has 5 aliphatic carbocycles. The quantitative estimate of drug-likeness (QED) is 0.408. The Morgan fingerprint density at radius 2 is 1.86 bits per heavy atom. The second-order valence-electron chi connectivity index (χ2n) is 13.7. The van der Waals surface area contributed by atoms with Gasteiger partial charge in [-0.15, -0.1) is 0 Å².